The molecule has 1 aromatic heterocycles. The number of aryl methyl sites for hydroxylation is 1. The van der Waals surface area contributed by atoms with Crippen molar-refractivity contribution in [1.82, 2.24) is 10.3 Å². The lowest BCUT2D eigenvalue weighted by Crippen LogP contribution is -2.39. The Morgan fingerprint density at radius 2 is 1.88 bits per heavy atom. The summed E-state index contributed by atoms with van der Waals surface area (Å²) in [5.74, 6) is -0.506. The van der Waals surface area contributed by atoms with Crippen molar-refractivity contribution in [2.24, 2.45) is 0 Å². The highest BCUT2D eigenvalue weighted by atomic mass is 19.1. The van der Waals surface area contributed by atoms with Crippen LogP contribution < -0.4 is 10.1 Å². The number of aliphatic hydroxyl groups is 1. The molecule has 0 fully saturated rings. The van der Waals surface area contributed by atoms with Crippen LogP contribution in [0.4, 0.5) is 4.39 Å². The Bertz CT molecular complexity index is 1270. The molecule has 1 heterocycles. The van der Waals surface area contributed by atoms with Gasteiger partial charge in [-0.05, 0) is 59.9 Å². The third kappa shape index (κ3) is 4.36. The van der Waals surface area contributed by atoms with Crippen molar-refractivity contribution in [3.8, 4) is 16.9 Å². The topological polar surface area (TPSA) is 74.3 Å². The third-order valence-electron chi connectivity index (χ3n) is 5.65. The fourth-order valence-corrected chi connectivity index (χ4v) is 3.93. The molecular formula is C26H25FN2O3. The van der Waals surface area contributed by atoms with Crippen molar-refractivity contribution in [3.05, 3.63) is 89.4 Å². The Labute approximate surface area is 185 Å². The lowest BCUT2D eigenvalue weighted by atomic mass is 9.98. The van der Waals surface area contributed by atoms with Gasteiger partial charge in [-0.1, -0.05) is 36.4 Å². The monoisotopic (exact) mass is 432 g/mol. The second-order valence-corrected chi connectivity index (χ2v) is 7.80. The molecule has 3 N–H and O–H groups in total. The quantitative estimate of drug-likeness (QED) is 0.399. The van der Waals surface area contributed by atoms with E-state index in [1.807, 2.05) is 43.5 Å². The number of aromatic nitrogens is 1. The van der Waals surface area contributed by atoms with Gasteiger partial charge in [-0.25, -0.2) is 4.39 Å². The minimum atomic E-state index is -0.437. The Kier molecular flexibility index (Phi) is 6.23. The maximum atomic E-state index is 14.1. The van der Waals surface area contributed by atoms with Gasteiger partial charge in [-0.15, -0.1) is 0 Å². The second kappa shape index (κ2) is 9.24. The highest BCUT2D eigenvalue weighted by Gasteiger charge is 2.17. The average molecular weight is 432 g/mol. The van der Waals surface area contributed by atoms with Gasteiger partial charge in [-0.2, -0.15) is 0 Å². The number of para-hydroxylation sites is 1. The summed E-state index contributed by atoms with van der Waals surface area (Å²) in [7, 11) is 1.42. The molecule has 32 heavy (non-hydrogen) atoms. The number of hydrogen-bond acceptors (Lipinski definition) is 3. The number of aromatic amines is 1. The normalized spacial score (nSPS) is 12.0. The first-order valence-electron chi connectivity index (χ1n) is 10.4. The van der Waals surface area contributed by atoms with E-state index in [0.717, 1.165) is 27.6 Å². The van der Waals surface area contributed by atoms with Crippen LogP contribution in [0.25, 0.3) is 22.0 Å². The number of hydrogen-bond donors (Lipinski definition) is 3. The molecule has 1 amide bonds. The largest absolute Gasteiger partial charge is 0.494 e. The van der Waals surface area contributed by atoms with Gasteiger partial charge in [-0.3, -0.25) is 4.79 Å². The number of amides is 1. The predicted octanol–water partition coefficient (Wildman–Crippen LogP) is 4.62. The minimum Gasteiger partial charge on any atom is -0.494 e. The van der Waals surface area contributed by atoms with E-state index in [0.29, 0.717) is 17.5 Å². The molecule has 5 nitrogen and oxygen atoms in total. The molecule has 0 aliphatic rings. The highest BCUT2D eigenvalue weighted by molar-refractivity contribution is 5.96. The van der Waals surface area contributed by atoms with Gasteiger partial charge in [0.25, 0.3) is 5.91 Å². The van der Waals surface area contributed by atoms with Crippen LogP contribution in [-0.4, -0.2) is 35.8 Å². The molecular weight excluding hydrogens is 407 g/mol. The van der Waals surface area contributed by atoms with Crippen LogP contribution in [0.3, 0.4) is 0 Å². The van der Waals surface area contributed by atoms with E-state index in [9.17, 15) is 14.3 Å². The number of rotatable bonds is 7. The summed E-state index contributed by atoms with van der Waals surface area (Å²) in [6.07, 6.45) is 2.42. The fourth-order valence-electron chi connectivity index (χ4n) is 3.93. The van der Waals surface area contributed by atoms with E-state index in [1.165, 1.54) is 13.2 Å². The van der Waals surface area contributed by atoms with Crippen LogP contribution >= 0.6 is 0 Å². The summed E-state index contributed by atoms with van der Waals surface area (Å²) in [6, 6.07) is 17.6. The van der Waals surface area contributed by atoms with Crippen molar-refractivity contribution in [1.29, 1.82) is 0 Å². The van der Waals surface area contributed by atoms with Gasteiger partial charge in [0.15, 0.2) is 11.6 Å². The zero-order chi connectivity index (χ0) is 22.7. The van der Waals surface area contributed by atoms with E-state index in [-0.39, 0.29) is 18.3 Å². The predicted molar refractivity (Wildman–Crippen MR) is 123 cm³/mol. The minimum absolute atomic E-state index is 0.173. The number of methoxy groups -OCH3 is 1. The number of halogens is 1. The van der Waals surface area contributed by atoms with Gasteiger partial charge >= 0.3 is 0 Å². The average Bonchev–Trinajstić information content (AvgIpc) is 3.21. The van der Waals surface area contributed by atoms with Crippen LogP contribution in [0.2, 0.25) is 0 Å². The van der Waals surface area contributed by atoms with E-state index < -0.39 is 11.9 Å². The van der Waals surface area contributed by atoms with Crippen molar-refractivity contribution in [2.75, 3.05) is 13.7 Å². The Morgan fingerprint density at radius 3 is 2.59 bits per heavy atom. The zero-order valence-electron chi connectivity index (χ0n) is 18.0. The van der Waals surface area contributed by atoms with Gasteiger partial charge in [0.2, 0.25) is 0 Å². The number of carbonyl (C=O) groups is 1. The second-order valence-electron chi connectivity index (χ2n) is 7.80. The first-order valence-corrected chi connectivity index (χ1v) is 10.4. The Hall–Kier alpha value is -3.64. The lowest BCUT2D eigenvalue weighted by Gasteiger charge is -2.17. The van der Waals surface area contributed by atoms with Crippen molar-refractivity contribution >= 4 is 16.8 Å². The van der Waals surface area contributed by atoms with Crippen molar-refractivity contribution in [2.45, 2.75) is 19.4 Å². The SMILES string of the molecule is COc1ccc(-c2ccc(C(=O)N[C@@H](CO)Cc3c[nH]c4ccccc34)c(C)c2)cc1F. The summed E-state index contributed by atoms with van der Waals surface area (Å²) in [4.78, 5) is 16.1. The van der Waals surface area contributed by atoms with Gasteiger partial charge in [0.05, 0.1) is 19.8 Å². The third-order valence-corrected chi connectivity index (χ3v) is 5.65. The van der Waals surface area contributed by atoms with E-state index in [2.05, 4.69) is 10.3 Å². The van der Waals surface area contributed by atoms with E-state index in [4.69, 9.17) is 4.74 Å². The smallest absolute Gasteiger partial charge is 0.251 e. The molecule has 0 radical (unpaired) electrons. The maximum absolute atomic E-state index is 14.1. The molecule has 164 valence electrons. The van der Waals surface area contributed by atoms with Crippen molar-refractivity contribution < 1.29 is 19.0 Å². The van der Waals surface area contributed by atoms with Crippen LogP contribution in [0.1, 0.15) is 21.5 Å². The maximum Gasteiger partial charge on any atom is 0.251 e. The first kappa shape index (κ1) is 21.6. The van der Waals surface area contributed by atoms with E-state index in [1.54, 1.807) is 24.3 Å². The molecule has 0 spiro atoms. The fraction of sp³-hybridized carbons (Fsp3) is 0.192. The number of carbonyl (C=O) groups excluding carboxylic acids is 1. The number of ether oxygens (including phenoxy) is 1. The van der Waals surface area contributed by atoms with Gasteiger partial charge < -0.3 is 20.1 Å². The molecule has 0 unspecified atom stereocenters. The number of benzene rings is 3. The van der Waals surface area contributed by atoms with E-state index >= 15 is 0 Å². The molecule has 0 saturated heterocycles. The highest BCUT2D eigenvalue weighted by Crippen LogP contribution is 2.27. The van der Waals surface area contributed by atoms with Gasteiger partial charge in [0, 0.05) is 22.7 Å². The number of aliphatic hydroxyl groups excluding tert-OH is 1. The lowest BCUT2D eigenvalue weighted by molar-refractivity contribution is 0.0916. The Morgan fingerprint density at radius 1 is 1.12 bits per heavy atom. The van der Waals surface area contributed by atoms with Crippen LogP contribution in [0.5, 0.6) is 5.75 Å². The standard InChI is InChI=1S/C26H25FN2O3/c1-16-11-17(18-8-10-25(32-2)23(27)13-18)7-9-21(16)26(31)29-20(15-30)12-19-14-28-24-6-4-3-5-22(19)24/h3-11,13-14,20,28,30H,12,15H2,1-2H3,(H,29,31)/t20-/m1/s1. The summed E-state index contributed by atoms with van der Waals surface area (Å²) in [6.45, 7) is 1.67. The van der Waals surface area contributed by atoms with Crippen LogP contribution in [0.15, 0.2) is 66.9 Å². The Balaban J connectivity index is 1.50. The summed E-state index contributed by atoms with van der Waals surface area (Å²) in [5.41, 5.74) is 4.84. The summed E-state index contributed by atoms with van der Waals surface area (Å²) >= 11 is 0. The number of H-pyrrole nitrogens is 1. The molecule has 0 aliphatic heterocycles. The number of fused-ring (bicyclic) bond motifs is 1. The molecule has 0 saturated carbocycles. The zero-order valence-corrected chi connectivity index (χ0v) is 18.0. The summed E-state index contributed by atoms with van der Waals surface area (Å²) < 4.78 is 19.0. The summed E-state index contributed by atoms with van der Waals surface area (Å²) in [5, 5.41) is 13.9. The van der Waals surface area contributed by atoms with Crippen LogP contribution in [0, 0.1) is 12.7 Å². The molecule has 1 atom stereocenters. The number of nitrogens with one attached hydrogen (secondary N) is 2. The first-order chi connectivity index (χ1) is 15.5. The van der Waals surface area contributed by atoms with Crippen molar-refractivity contribution in [3.63, 3.8) is 0 Å². The molecule has 0 aliphatic carbocycles. The van der Waals surface area contributed by atoms with Crippen LogP contribution in [-0.2, 0) is 6.42 Å². The molecule has 4 rings (SSSR count). The molecule has 0 bridgehead atoms. The van der Waals surface area contributed by atoms with Gasteiger partial charge in [0.1, 0.15) is 0 Å². The molecule has 3 aromatic carbocycles. The molecule has 6 heteroatoms. The molecule has 4 aromatic rings.